The number of aliphatic hydroxyl groups excluding tert-OH is 2. The zero-order valence-corrected chi connectivity index (χ0v) is 38.1. The van der Waals surface area contributed by atoms with Crippen LogP contribution in [0.2, 0.25) is 0 Å². The number of hydrogen-bond acceptors (Lipinski definition) is 10. The van der Waals surface area contributed by atoms with E-state index in [1.165, 1.54) is 12.1 Å². The third kappa shape index (κ3) is 9.39. The summed E-state index contributed by atoms with van der Waals surface area (Å²) < 4.78 is 51.3. The van der Waals surface area contributed by atoms with Crippen LogP contribution in [0.15, 0.2) is 175 Å². The zero-order valence-electron chi connectivity index (χ0n) is 35.7. The van der Waals surface area contributed by atoms with E-state index < -0.39 is 11.7 Å². The average Bonchev–Trinajstić information content (AvgIpc) is 3.79. The van der Waals surface area contributed by atoms with Crippen LogP contribution in [0.25, 0.3) is 98.6 Å². The van der Waals surface area contributed by atoms with Crippen molar-refractivity contribution in [1.29, 1.82) is 0 Å². The van der Waals surface area contributed by atoms with Crippen LogP contribution in [0.3, 0.4) is 0 Å². The molecule has 0 fully saturated rings. The first-order chi connectivity index (χ1) is 33.0. The first-order valence-corrected chi connectivity index (χ1v) is 20.8. The van der Waals surface area contributed by atoms with Gasteiger partial charge in [-0.05, 0) is 108 Å². The Kier molecular flexibility index (Phi) is 12.5. The number of ether oxygens (including phenoxy) is 1. The van der Waals surface area contributed by atoms with Crippen molar-refractivity contribution in [1.82, 2.24) is 30.6 Å². The zero-order chi connectivity index (χ0) is 46.9. The van der Waals surface area contributed by atoms with Crippen LogP contribution >= 0.6 is 0 Å². The number of nitrogens with zero attached hydrogens (tertiary/aromatic N) is 6. The smallest absolute Gasteiger partial charge is 0.544 e. The number of halogens is 3. The number of benzene rings is 8. The van der Waals surface area contributed by atoms with Crippen molar-refractivity contribution in [3.63, 3.8) is 0 Å². The molecule has 8 aromatic carbocycles. The van der Waals surface area contributed by atoms with Gasteiger partial charge >= 0.3 is 26.3 Å². The second-order valence-electron chi connectivity index (χ2n) is 15.5. The van der Waals surface area contributed by atoms with Gasteiger partial charge in [0.2, 0.25) is 5.88 Å². The number of alkyl halides is 3. The minimum Gasteiger partial charge on any atom is -0.544 e. The quantitative estimate of drug-likeness (QED) is 0.0972. The molecule has 0 atom stereocenters. The predicted octanol–water partition coefficient (Wildman–Crippen LogP) is 14.0. The van der Waals surface area contributed by atoms with E-state index in [0.29, 0.717) is 39.2 Å². The monoisotopic (exact) mass is 1090 g/mol. The molecule has 12 rings (SSSR count). The molecule has 336 valence electrons. The van der Waals surface area contributed by atoms with Crippen molar-refractivity contribution in [2.75, 3.05) is 0 Å². The van der Waals surface area contributed by atoms with E-state index >= 15 is 0 Å². The van der Waals surface area contributed by atoms with Gasteiger partial charge in [-0.3, -0.25) is 0 Å². The van der Waals surface area contributed by atoms with Crippen molar-refractivity contribution < 1.29 is 52.6 Å². The normalized spacial score (nSPS) is 11.2. The minimum atomic E-state index is -4.48. The Morgan fingerprint density at radius 1 is 0.522 bits per heavy atom. The Labute approximate surface area is 404 Å². The molecule has 0 aliphatic rings. The first kappa shape index (κ1) is 45.6. The molecule has 0 saturated carbocycles. The van der Waals surface area contributed by atoms with E-state index in [1.54, 1.807) is 12.4 Å². The van der Waals surface area contributed by atoms with Crippen LogP contribution in [-0.4, -0.2) is 40.8 Å². The predicted molar refractivity (Wildman–Crippen MR) is 257 cm³/mol. The summed E-state index contributed by atoms with van der Waals surface area (Å²) in [5, 5.41) is 54.5. The summed E-state index contributed by atoms with van der Waals surface area (Å²) >= 11 is 0. The van der Waals surface area contributed by atoms with E-state index in [9.17, 15) is 23.4 Å². The molecule has 69 heavy (non-hydrogen) atoms. The number of aromatic nitrogens is 6. The van der Waals surface area contributed by atoms with Crippen molar-refractivity contribution in [2.45, 2.75) is 6.18 Å². The van der Waals surface area contributed by atoms with E-state index in [4.69, 9.17) is 22.3 Å². The molecule has 12 aromatic rings. The molecule has 0 radical (unpaired) electrons. The van der Waals surface area contributed by atoms with E-state index in [0.717, 1.165) is 71.4 Å². The van der Waals surface area contributed by atoms with Gasteiger partial charge in [0.1, 0.15) is 5.75 Å². The summed E-state index contributed by atoms with van der Waals surface area (Å²) in [6.07, 6.45) is -1.16. The van der Waals surface area contributed by atoms with Crippen LogP contribution in [0, 0.1) is 19.2 Å². The van der Waals surface area contributed by atoms with E-state index in [2.05, 4.69) is 36.7 Å². The topological polar surface area (TPSA) is 140 Å². The third-order valence-corrected chi connectivity index (χ3v) is 11.1. The Bertz CT molecular complexity index is 3780. The Morgan fingerprint density at radius 3 is 1.51 bits per heavy atom. The number of hydrogen-bond donors (Lipinski definition) is 2. The molecule has 0 unspecified atom stereocenters. The van der Waals surface area contributed by atoms with Gasteiger partial charge in [-0.25, -0.2) is 23.4 Å². The summed E-state index contributed by atoms with van der Waals surface area (Å²) in [7, 11) is 0. The van der Waals surface area contributed by atoms with Crippen LogP contribution in [0.1, 0.15) is 17.0 Å². The number of para-hydroxylation sites is 1. The van der Waals surface area contributed by atoms with Crippen LogP contribution in [0.4, 0.5) is 13.2 Å². The number of fused-ring (bicyclic) bond motifs is 7. The molecule has 2 N–H and O–H groups in total. The van der Waals surface area contributed by atoms with E-state index in [-0.39, 0.29) is 43.3 Å². The number of rotatable bonds is 5. The van der Waals surface area contributed by atoms with Crippen molar-refractivity contribution >= 4 is 87.1 Å². The van der Waals surface area contributed by atoms with Gasteiger partial charge in [0, 0.05) is 11.0 Å². The average molecular weight is 1090 g/mol. The maximum atomic E-state index is 13.2. The largest absolute Gasteiger partial charge is 3.00 e. The molecule has 0 spiro atoms. The van der Waals surface area contributed by atoms with Gasteiger partial charge in [-0.1, -0.05) is 126 Å². The van der Waals surface area contributed by atoms with Crippen LogP contribution in [0.5, 0.6) is 11.6 Å². The second-order valence-corrected chi connectivity index (χ2v) is 15.5. The number of aliphatic hydroxyl groups is 2. The van der Waals surface area contributed by atoms with Crippen molar-refractivity contribution in [3.8, 4) is 23.1 Å². The molecule has 4 aromatic heterocycles. The number of furan rings is 1. The molecule has 0 bridgehead atoms. The molecule has 0 aliphatic carbocycles. The van der Waals surface area contributed by atoms with Gasteiger partial charge in [0.05, 0.1) is 29.4 Å². The molecular formula is C55H32F3IrN6O4. The Morgan fingerprint density at radius 2 is 1.00 bits per heavy atom. The van der Waals surface area contributed by atoms with Gasteiger partial charge in [-0.15, -0.1) is 22.6 Å². The van der Waals surface area contributed by atoms with Crippen molar-refractivity contribution in [2.24, 2.45) is 0 Å². The maximum Gasteiger partial charge on any atom is 3.00 e. The summed E-state index contributed by atoms with van der Waals surface area (Å²) in [6.45, 7) is 10.8. The summed E-state index contributed by atoms with van der Waals surface area (Å²) in [5.41, 5.74) is 0.980. The second kappa shape index (κ2) is 19.0. The Hall–Kier alpha value is -8.58. The summed E-state index contributed by atoms with van der Waals surface area (Å²) in [5.74, 6) is -0.0852. The van der Waals surface area contributed by atoms with Gasteiger partial charge in [0.15, 0.2) is 0 Å². The van der Waals surface area contributed by atoms with Crippen molar-refractivity contribution in [3.05, 3.63) is 206 Å². The summed E-state index contributed by atoms with van der Waals surface area (Å²) in [4.78, 5) is 0. The Balaban J connectivity index is 0.000000142. The molecule has 0 amide bonds. The third-order valence-electron chi connectivity index (χ3n) is 11.1. The van der Waals surface area contributed by atoms with Gasteiger partial charge < -0.3 is 19.4 Å². The first-order valence-electron chi connectivity index (χ1n) is 20.8. The SMILES string of the molecule is FC(F)(F)c1cccc(Oc2nnc(-c3[c-]c4ccccc4o3)c3cc4ccccc4cc23)c1.[CH-]=C(O)c1nncc2cc3ccccc3cc12.[CH-]=C(O)c1nncc2cc3ccccc3cc12.[Ir+3]. The fourth-order valence-corrected chi connectivity index (χ4v) is 7.85. The van der Waals surface area contributed by atoms with Crippen LogP contribution in [-0.2, 0) is 26.3 Å². The molecular weight excluding hydrogens is 1060 g/mol. The molecule has 4 heterocycles. The molecule has 0 saturated heterocycles. The fourth-order valence-electron chi connectivity index (χ4n) is 7.85. The van der Waals surface area contributed by atoms with Gasteiger partial charge in [0.25, 0.3) is 0 Å². The molecule has 10 nitrogen and oxygen atoms in total. The molecule has 14 heteroatoms. The van der Waals surface area contributed by atoms with Gasteiger partial charge in [-0.2, -0.15) is 28.5 Å². The minimum absolute atomic E-state index is 0. The summed E-state index contributed by atoms with van der Waals surface area (Å²) in [6, 6.07) is 50.8. The van der Waals surface area contributed by atoms with E-state index in [1.807, 2.05) is 133 Å². The van der Waals surface area contributed by atoms with Crippen LogP contribution < -0.4 is 4.74 Å². The maximum absolute atomic E-state index is 13.2. The molecule has 0 aliphatic heterocycles. The fraction of sp³-hybridized carbons (Fsp3) is 0.0182. The standard InChI is InChI=1S/C27H14F3N2O2.2C14H9N2O.Ir/c28-27(29,30)19-9-5-10-20(15-19)33-26-22-13-17-7-2-1-6-16(17)12-21(22)25(31-32-26)24-14-18-8-3-4-11-23(18)34-24;2*1-9(17)14-13-7-11-5-3-2-4-10(11)6-12(13)8-15-16-14;/h1-13,15H;2*1-8,17H;/q3*-1;+3.